The van der Waals surface area contributed by atoms with Crippen molar-refractivity contribution in [2.24, 2.45) is 5.92 Å². The Kier molecular flexibility index (Phi) is 7.82. The van der Waals surface area contributed by atoms with Crippen molar-refractivity contribution in [3.05, 3.63) is 20.8 Å². The largest absolute Gasteiger partial charge is 0.354 e. The Bertz CT molecular complexity index is 507. The second-order valence-electron chi connectivity index (χ2n) is 6.40. The van der Waals surface area contributed by atoms with Gasteiger partial charge in [0.15, 0.2) is 0 Å². The molecule has 2 saturated heterocycles. The number of piperidine rings is 1. The van der Waals surface area contributed by atoms with E-state index in [9.17, 15) is 4.79 Å². The number of thiophene rings is 1. The van der Waals surface area contributed by atoms with Gasteiger partial charge < -0.3 is 10.6 Å². The molecule has 2 fully saturated rings. The van der Waals surface area contributed by atoms with E-state index in [1.807, 2.05) is 0 Å². The van der Waals surface area contributed by atoms with Crippen LogP contribution < -0.4 is 10.6 Å². The van der Waals surface area contributed by atoms with Crippen LogP contribution in [0.5, 0.6) is 0 Å². The fraction of sp³-hybridized carbons (Fsp3) is 0.688. The van der Waals surface area contributed by atoms with Gasteiger partial charge in [0.1, 0.15) is 0 Å². The summed E-state index contributed by atoms with van der Waals surface area (Å²) >= 11 is 5.28. The minimum Gasteiger partial charge on any atom is -0.354 e. The highest BCUT2D eigenvalue weighted by molar-refractivity contribution is 9.11. The molecule has 3 heterocycles. The van der Waals surface area contributed by atoms with Gasteiger partial charge in [-0.15, -0.1) is 23.7 Å². The molecule has 2 atom stereocenters. The molecule has 0 saturated carbocycles. The molecule has 1 aromatic heterocycles. The van der Waals surface area contributed by atoms with Gasteiger partial charge >= 0.3 is 0 Å². The van der Waals surface area contributed by atoms with E-state index in [0.717, 1.165) is 39.0 Å². The van der Waals surface area contributed by atoms with Crippen LogP contribution in [0.1, 0.15) is 31.2 Å². The molecular formula is C16H25BrClN3OS. The maximum Gasteiger partial charge on any atom is 0.237 e. The minimum absolute atomic E-state index is 0. The van der Waals surface area contributed by atoms with Gasteiger partial charge in [-0.25, -0.2) is 0 Å². The standard InChI is InChI=1S/C16H24BrN3OS.ClH/c17-15-7-13(11-22-15)10-20-6-2-3-12(9-20)8-19-16(21)14-4-1-5-18-14;/h7,11-12,14,18H,1-6,8-10H2,(H,19,21);1H. The summed E-state index contributed by atoms with van der Waals surface area (Å²) in [5.41, 5.74) is 1.39. The summed E-state index contributed by atoms with van der Waals surface area (Å²) in [6, 6.07) is 2.25. The Morgan fingerprint density at radius 2 is 2.30 bits per heavy atom. The highest BCUT2D eigenvalue weighted by Crippen LogP contribution is 2.24. The first-order valence-corrected chi connectivity index (χ1v) is 9.84. The van der Waals surface area contributed by atoms with Crippen molar-refractivity contribution in [1.29, 1.82) is 0 Å². The first-order chi connectivity index (χ1) is 10.7. The smallest absolute Gasteiger partial charge is 0.237 e. The number of likely N-dealkylation sites (tertiary alicyclic amines) is 1. The Hall–Kier alpha value is -0.140. The van der Waals surface area contributed by atoms with Crippen molar-refractivity contribution in [2.45, 2.75) is 38.3 Å². The fourth-order valence-corrected chi connectivity index (χ4v) is 4.63. The summed E-state index contributed by atoms with van der Waals surface area (Å²) in [4.78, 5) is 14.6. The third-order valence-electron chi connectivity index (χ3n) is 4.57. The number of rotatable bonds is 5. The lowest BCUT2D eigenvalue weighted by molar-refractivity contribution is -0.123. The van der Waals surface area contributed by atoms with E-state index in [0.29, 0.717) is 5.92 Å². The highest BCUT2D eigenvalue weighted by atomic mass is 79.9. The van der Waals surface area contributed by atoms with E-state index in [-0.39, 0.29) is 24.4 Å². The van der Waals surface area contributed by atoms with E-state index in [1.54, 1.807) is 11.3 Å². The molecule has 0 aliphatic carbocycles. The van der Waals surface area contributed by atoms with Gasteiger partial charge in [0, 0.05) is 19.6 Å². The van der Waals surface area contributed by atoms with Crippen molar-refractivity contribution in [1.82, 2.24) is 15.5 Å². The first kappa shape index (κ1) is 19.2. The summed E-state index contributed by atoms with van der Waals surface area (Å²) in [5.74, 6) is 0.776. The predicted molar refractivity (Wildman–Crippen MR) is 101 cm³/mol. The zero-order chi connectivity index (χ0) is 15.4. The van der Waals surface area contributed by atoms with Crippen LogP contribution in [-0.2, 0) is 11.3 Å². The molecule has 0 aromatic carbocycles. The molecule has 3 rings (SSSR count). The molecule has 4 nitrogen and oxygen atoms in total. The molecular weight excluding hydrogens is 398 g/mol. The second kappa shape index (κ2) is 9.37. The molecule has 2 aliphatic rings. The quantitative estimate of drug-likeness (QED) is 0.766. The maximum absolute atomic E-state index is 12.1. The average molecular weight is 423 g/mol. The number of carbonyl (C=O) groups excluding carboxylic acids is 1. The van der Waals surface area contributed by atoms with Crippen LogP contribution in [0.2, 0.25) is 0 Å². The van der Waals surface area contributed by atoms with Gasteiger partial charge in [-0.05, 0) is 77.6 Å². The summed E-state index contributed by atoms with van der Waals surface area (Å²) in [6.07, 6.45) is 4.55. The van der Waals surface area contributed by atoms with Gasteiger partial charge in [0.25, 0.3) is 0 Å². The fourth-order valence-electron chi connectivity index (χ4n) is 3.42. The first-order valence-electron chi connectivity index (χ1n) is 8.17. The Balaban J connectivity index is 0.00000192. The average Bonchev–Trinajstić information content (AvgIpc) is 3.17. The van der Waals surface area contributed by atoms with Gasteiger partial charge in [-0.3, -0.25) is 9.69 Å². The van der Waals surface area contributed by atoms with Crippen molar-refractivity contribution in [3.63, 3.8) is 0 Å². The number of hydrogen-bond donors (Lipinski definition) is 2. The van der Waals surface area contributed by atoms with E-state index >= 15 is 0 Å². The third-order valence-corrected chi connectivity index (χ3v) is 6.13. The predicted octanol–water partition coefficient (Wildman–Crippen LogP) is 3.01. The lowest BCUT2D eigenvalue weighted by Gasteiger charge is -2.32. The molecule has 23 heavy (non-hydrogen) atoms. The van der Waals surface area contributed by atoms with Crippen LogP contribution in [0, 0.1) is 5.92 Å². The zero-order valence-electron chi connectivity index (χ0n) is 13.2. The second-order valence-corrected chi connectivity index (χ2v) is 8.69. The number of carbonyl (C=O) groups is 1. The van der Waals surface area contributed by atoms with Crippen LogP contribution in [0.15, 0.2) is 15.2 Å². The number of halogens is 2. The number of hydrogen-bond acceptors (Lipinski definition) is 4. The Morgan fingerprint density at radius 1 is 1.43 bits per heavy atom. The minimum atomic E-state index is 0. The molecule has 0 spiro atoms. The lowest BCUT2D eigenvalue weighted by Crippen LogP contribution is -2.45. The topological polar surface area (TPSA) is 44.4 Å². The van der Waals surface area contributed by atoms with Crippen LogP contribution in [0.3, 0.4) is 0 Å². The van der Waals surface area contributed by atoms with Crippen LogP contribution >= 0.6 is 39.7 Å². The van der Waals surface area contributed by atoms with Crippen LogP contribution in [0.25, 0.3) is 0 Å². The van der Waals surface area contributed by atoms with Crippen molar-refractivity contribution < 1.29 is 4.79 Å². The molecule has 7 heteroatoms. The summed E-state index contributed by atoms with van der Waals surface area (Å²) in [5, 5.41) is 8.63. The molecule has 1 aromatic rings. The highest BCUT2D eigenvalue weighted by Gasteiger charge is 2.24. The molecule has 2 aliphatic heterocycles. The van der Waals surface area contributed by atoms with E-state index in [1.165, 1.54) is 28.7 Å². The molecule has 2 unspecified atom stereocenters. The maximum atomic E-state index is 12.1. The van der Waals surface area contributed by atoms with Crippen LogP contribution in [-0.4, -0.2) is 43.0 Å². The molecule has 0 radical (unpaired) electrons. The molecule has 1 amide bonds. The molecule has 2 N–H and O–H groups in total. The number of nitrogens with zero attached hydrogens (tertiary/aromatic N) is 1. The van der Waals surface area contributed by atoms with Gasteiger partial charge in [-0.1, -0.05) is 0 Å². The Morgan fingerprint density at radius 3 is 3.00 bits per heavy atom. The van der Waals surface area contributed by atoms with E-state index in [2.05, 4.69) is 42.9 Å². The Labute approximate surface area is 156 Å². The van der Waals surface area contributed by atoms with Gasteiger partial charge in [0.05, 0.1) is 9.83 Å². The van der Waals surface area contributed by atoms with Gasteiger partial charge in [-0.2, -0.15) is 0 Å². The van der Waals surface area contributed by atoms with E-state index in [4.69, 9.17) is 0 Å². The number of amides is 1. The van der Waals surface area contributed by atoms with Crippen molar-refractivity contribution in [2.75, 3.05) is 26.2 Å². The summed E-state index contributed by atoms with van der Waals surface area (Å²) in [7, 11) is 0. The molecule has 130 valence electrons. The van der Waals surface area contributed by atoms with Crippen molar-refractivity contribution >= 4 is 45.6 Å². The summed E-state index contributed by atoms with van der Waals surface area (Å²) in [6.45, 7) is 5.08. The lowest BCUT2D eigenvalue weighted by atomic mass is 9.97. The zero-order valence-corrected chi connectivity index (χ0v) is 16.4. The van der Waals surface area contributed by atoms with E-state index < -0.39 is 0 Å². The number of nitrogens with one attached hydrogen (secondary N) is 2. The SMILES string of the molecule is Cl.O=C(NCC1CCCN(Cc2csc(Br)c2)C1)C1CCCN1. The monoisotopic (exact) mass is 421 g/mol. The molecule has 0 bridgehead atoms. The third kappa shape index (κ3) is 5.71. The summed E-state index contributed by atoms with van der Waals surface area (Å²) < 4.78 is 1.20. The van der Waals surface area contributed by atoms with Crippen molar-refractivity contribution in [3.8, 4) is 0 Å². The van der Waals surface area contributed by atoms with Gasteiger partial charge in [0.2, 0.25) is 5.91 Å². The normalized spacial score (nSPS) is 25.1. The van der Waals surface area contributed by atoms with Crippen LogP contribution in [0.4, 0.5) is 0 Å².